The molecule has 0 aromatic carbocycles. The summed E-state index contributed by atoms with van der Waals surface area (Å²) in [4.78, 5) is 13.7. The van der Waals surface area contributed by atoms with E-state index in [0.29, 0.717) is 30.6 Å². The number of nitrogens with zero attached hydrogens (tertiary/aromatic N) is 4. The molecular weight excluding hydrogens is 300 g/mol. The maximum absolute atomic E-state index is 11.5. The number of aryl methyl sites for hydroxylation is 2. The van der Waals surface area contributed by atoms with E-state index in [2.05, 4.69) is 19.8 Å². The van der Waals surface area contributed by atoms with Crippen molar-refractivity contribution in [3.8, 4) is 0 Å². The first-order valence-electron chi connectivity index (χ1n) is 7.94. The number of hydrogen-bond acceptors (Lipinski definition) is 6. The fraction of sp³-hybridized carbons (Fsp3) is 0.733. The van der Waals surface area contributed by atoms with Crippen LogP contribution in [0.15, 0.2) is 6.20 Å². The highest BCUT2D eigenvalue weighted by atomic mass is 32.2. The minimum atomic E-state index is -2.79. The van der Waals surface area contributed by atoms with Gasteiger partial charge in [-0.3, -0.25) is 9.88 Å². The Balaban J connectivity index is 1.60. The van der Waals surface area contributed by atoms with Crippen LogP contribution in [0, 0.1) is 13.8 Å². The standard InChI is InChI=1S/C15H24N4O2S/c1-12-11-16-13(2)15(17-12)19-5-3-14(4-6-19)18-7-9-22(20,21)10-8-18/h11,14H,3-10H2,1-2H3. The first kappa shape index (κ1) is 15.7. The van der Waals surface area contributed by atoms with Gasteiger partial charge in [-0.15, -0.1) is 0 Å². The zero-order valence-corrected chi connectivity index (χ0v) is 14.1. The second-order valence-electron chi connectivity index (χ2n) is 6.33. The molecule has 2 aliphatic rings. The molecule has 6 nitrogen and oxygen atoms in total. The second-order valence-corrected chi connectivity index (χ2v) is 8.63. The molecule has 22 heavy (non-hydrogen) atoms. The maximum Gasteiger partial charge on any atom is 0.152 e. The third kappa shape index (κ3) is 3.41. The molecule has 2 saturated heterocycles. The molecule has 2 aliphatic heterocycles. The van der Waals surface area contributed by atoms with Crippen molar-refractivity contribution in [2.45, 2.75) is 32.7 Å². The van der Waals surface area contributed by atoms with E-state index in [0.717, 1.165) is 43.1 Å². The topological polar surface area (TPSA) is 66.4 Å². The number of aromatic nitrogens is 2. The Bertz CT molecular complexity index is 625. The first-order valence-corrected chi connectivity index (χ1v) is 9.76. The Morgan fingerprint density at radius 3 is 2.36 bits per heavy atom. The summed E-state index contributed by atoms with van der Waals surface area (Å²) in [7, 11) is -2.79. The van der Waals surface area contributed by atoms with E-state index < -0.39 is 9.84 Å². The van der Waals surface area contributed by atoms with Crippen LogP contribution in [-0.4, -0.2) is 67.0 Å². The largest absolute Gasteiger partial charge is 0.355 e. The molecule has 0 spiro atoms. The first-order chi connectivity index (χ1) is 10.4. The lowest BCUT2D eigenvalue weighted by atomic mass is 10.0. The molecule has 0 unspecified atom stereocenters. The molecule has 0 amide bonds. The molecule has 3 rings (SSSR count). The molecule has 7 heteroatoms. The smallest absolute Gasteiger partial charge is 0.152 e. The van der Waals surface area contributed by atoms with Crippen molar-refractivity contribution < 1.29 is 8.42 Å². The van der Waals surface area contributed by atoms with Gasteiger partial charge in [-0.1, -0.05) is 0 Å². The van der Waals surface area contributed by atoms with Crippen molar-refractivity contribution in [2.24, 2.45) is 0 Å². The normalized spacial score (nSPS) is 23.6. The van der Waals surface area contributed by atoms with Crippen LogP contribution in [0.4, 0.5) is 5.82 Å². The summed E-state index contributed by atoms with van der Waals surface area (Å²) >= 11 is 0. The van der Waals surface area contributed by atoms with E-state index in [4.69, 9.17) is 0 Å². The Kier molecular flexibility index (Phi) is 4.36. The van der Waals surface area contributed by atoms with Crippen molar-refractivity contribution >= 4 is 15.7 Å². The molecule has 1 aromatic rings. The second kappa shape index (κ2) is 6.12. The summed E-state index contributed by atoms with van der Waals surface area (Å²) in [6, 6.07) is 0.504. The van der Waals surface area contributed by atoms with Crippen LogP contribution >= 0.6 is 0 Å². The Labute approximate surface area is 132 Å². The average Bonchev–Trinajstić information content (AvgIpc) is 2.50. The highest BCUT2D eigenvalue weighted by Gasteiger charge is 2.30. The monoisotopic (exact) mass is 324 g/mol. The Morgan fingerprint density at radius 1 is 1.09 bits per heavy atom. The summed E-state index contributed by atoms with van der Waals surface area (Å²) in [6.07, 6.45) is 3.93. The highest BCUT2D eigenvalue weighted by molar-refractivity contribution is 7.91. The van der Waals surface area contributed by atoms with Crippen LogP contribution in [0.25, 0.3) is 0 Å². The SMILES string of the molecule is Cc1cnc(C)c(N2CCC(N3CCS(=O)(=O)CC3)CC2)n1. The van der Waals surface area contributed by atoms with Crippen LogP contribution < -0.4 is 4.90 Å². The minimum absolute atomic E-state index is 0.315. The Hall–Kier alpha value is -1.21. The molecule has 3 heterocycles. The van der Waals surface area contributed by atoms with Gasteiger partial charge in [0, 0.05) is 38.4 Å². The van der Waals surface area contributed by atoms with Crippen molar-refractivity contribution in [3.05, 3.63) is 17.6 Å². The van der Waals surface area contributed by atoms with Gasteiger partial charge in [0.05, 0.1) is 22.9 Å². The summed E-state index contributed by atoms with van der Waals surface area (Å²) < 4.78 is 23.1. The molecule has 122 valence electrons. The number of rotatable bonds is 2. The molecule has 1 aromatic heterocycles. The zero-order chi connectivity index (χ0) is 15.7. The predicted molar refractivity (Wildman–Crippen MR) is 87.0 cm³/mol. The van der Waals surface area contributed by atoms with Crippen LogP contribution in [-0.2, 0) is 9.84 Å². The van der Waals surface area contributed by atoms with Crippen molar-refractivity contribution in [1.29, 1.82) is 0 Å². The summed E-state index contributed by atoms with van der Waals surface area (Å²) in [5, 5.41) is 0. The van der Waals surface area contributed by atoms with Gasteiger partial charge < -0.3 is 4.90 Å². The molecule has 0 radical (unpaired) electrons. The fourth-order valence-electron chi connectivity index (χ4n) is 3.36. The quantitative estimate of drug-likeness (QED) is 0.801. The third-order valence-corrected chi connectivity index (χ3v) is 6.32. The van der Waals surface area contributed by atoms with E-state index in [1.165, 1.54) is 0 Å². The van der Waals surface area contributed by atoms with Crippen LogP contribution in [0.5, 0.6) is 0 Å². The lowest BCUT2D eigenvalue weighted by Crippen LogP contribution is -2.50. The van der Waals surface area contributed by atoms with E-state index in [1.54, 1.807) is 6.20 Å². The Morgan fingerprint density at radius 2 is 1.73 bits per heavy atom. The molecule has 2 fully saturated rings. The molecular formula is C15H24N4O2S. The van der Waals surface area contributed by atoms with Gasteiger partial charge >= 0.3 is 0 Å². The van der Waals surface area contributed by atoms with Gasteiger partial charge in [0.15, 0.2) is 9.84 Å². The molecule has 0 N–H and O–H groups in total. The van der Waals surface area contributed by atoms with Gasteiger partial charge in [0.25, 0.3) is 0 Å². The van der Waals surface area contributed by atoms with Gasteiger partial charge in [0.2, 0.25) is 0 Å². The summed E-state index contributed by atoms with van der Waals surface area (Å²) in [5.74, 6) is 1.63. The van der Waals surface area contributed by atoms with E-state index in [9.17, 15) is 8.42 Å². The van der Waals surface area contributed by atoms with Crippen molar-refractivity contribution in [2.75, 3.05) is 42.6 Å². The van der Waals surface area contributed by atoms with E-state index >= 15 is 0 Å². The van der Waals surface area contributed by atoms with Gasteiger partial charge in [-0.05, 0) is 26.7 Å². The fourth-order valence-corrected chi connectivity index (χ4v) is 4.59. The molecule has 0 aliphatic carbocycles. The number of hydrogen-bond donors (Lipinski definition) is 0. The van der Waals surface area contributed by atoms with Crippen molar-refractivity contribution in [3.63, 3.8) is 0 Å². The molecule has 0 saturated carbocycles. The van der Waals surface area contributed by atoms with Crippen LogP contribution in [0.1, 0.15) is 24.2 Å². The molecule has 0 bridgehead atoms. The zero-order valence-electron chi connectivity index (χ0n) is 13.3. The van der Waals surface area contributed by atoms with Crippen LogP contribution in [0.2, 0.25) is 0 Å². The summed E-state index contributed by atoms with van der Waals surface area (Å²) in [6.45, 7) is 7.28. The predicted octanol–water partition coefficient (Wildman–Crippen LogP) is 0.793. The van der Waals surface area contributed by atoms with Crippen LogP contribution in [0.3, 0.4) is 0 Å². The summed E-state index contributed by atoms with van der Waals surface area (Å²) in [5.41, 5.74) is 1.93. The third-order valence-electron chi connectivity index (χ3n) is 4.71. The lowest BCUT2D eigenvalue weighted by Gasteiger charge is -2.40. The van der Waals surface area contributed by atoms with E-state index in [-0.39, 0.29) is 0 Å². The van der Waals surface area contributed by atoms with E-state index in [1.807, 2.05) is 13.8 Å². The van der Waals surface area contributed by atoms with Crippen molar-refractivity contribution in [1.82, 2.24) is 14.9 Å². The number of anilines is 1. The number of piperidine rings is 1. The molecule has 0 atom stereocenters. The van der Waals surface area contributed by atoms with Gasteiger partial charge in [-0.2, -0.15) is 0 Å². The highest BCUT2D eigenvalue weighted by Crippen LogP contribution is 2.24. The minimum Gasteiger partial charge on any atom is -0.355 e. The van der Waals surface area contributed by atoms with Gasteiger partial charge in [0.1, 0.15) is 5.82 Å². The lowest BCUT2D eigenvalue weighted by molar-refractivity contribution is 0.182. The maximum atomic E-state index is 11.5. The number of sulfone groups is 1. The average molecular weight is 324 g/mol. The van der Waals surface area contributed by atoms with Gasteiger partial charge in [-0.25, -0.2) is 13.4 Å².